The first kappa shape index (κ1) is 23.7. The highest BCUT2D eigenvalue weighted by molar-refractivity contribution is 6.96. The van der Waals surface area contributed by atoms with Crippen molar-refractivity contribution in [2.75, 3.05) is 0 Å². The van der Waals surface area contributed by atoms with Gasteiger partial charge in [0.25, 0.3) is 0 Å². The van der Waals surface area contributed by atoms with Gasteiger partial charge in [0.2, 0.25) is 6.71 Å². The first-order chi connectivity index (χ1) is 17.3. The molecule has 1 N–H and O–H groups in total. The zero-order valence-corrected chi connectivity index (χ0v) is 21.7. The van der Waals surface area contributed by atoms with Crippen LogP contribution in [0.1, 0.15) is 33.4 Å². The molecule has 0 amide bonds. The summed E-state index contributed by atoms with van der Waals surface area (Å²) in [6, 6.07) is 19.9. The Bertz CT molecular complexity index is 1440. The maximum Gasteiger partial charge on any atom is 0.242 e. The van der Waals surface area contributed by atoms with Crippen LogP contribution >= 0.6 is 0 Å². The van der Waals surface area contributed by atoms with E-state index in [1.165, 1.54) is 56.1 Å². The number of benzene rings is 3. The molecule has 3 aromatic carbocycles. The summed E-state index contributed by atoms with van der Waals surface area (Å²) < 4.78 is 0. The number of aromatic amines is 1. The van der Waals surface area contributed by atoms with Crippen molar-refractivity contribution >= 4 is 23.1 Å². The van der Waals surface area contributed by atoms with E-state index in [0.29, 0.717) is 11.6 Å². The van der Waals surface area contributed by atoms with E-state index < -0.39 is 0 Å². The Kier molecular flexibility index (Phi) is 6.27. The van der Waals surface area contributed by atoms with Crippen molar-refractivity contribution in [1.29, 1.82) is 0 Å². The van der Waals surface area contributed by atoms with Crippen molar-refractivity contribution in [3.8, 4) is 22.9 Å². The number of hydrogen-bond acceptors (Lipinski definition) is 4. The number of nitrogens with one attached hydrogen (secondary N) is 1. The van der Waals surface area contributed by atoms with Gasteiger partial charge in [0, 0.05) is 11.8 Å². The fourth-order valence-corrected chi connectivity index (χ4v) is 5.56. The van der Waals surface area contributed by atoms with E-state index in [1.807, 2.05) is 6.07 Å². The van der Waals surface area contributed by atoms with Crippen LogP contribution in [-0.4, -0.2) is 31.9 Å². The summed E-state index contributed by atoms with van der Waals surface area (Å²) >= 11 is 0. The second kappa shape index (κ2) is 9.54. The molecule has 0 bridgehead atoms. The van der Waals surface area contributed by atoms with Gasteiger partial charge in [-0.05, 0) is 47.6 Å². The summed E-state index contributed by atoms with van der Waals surface area (Å²) in [5.74, 6) is 1.09. The van der Waals surface area contributed by atoms with Gasteiger partial charge in [0.1, 0.15) is 6.33 Å². The van der Waals surface area contributed by atoms with Crippen LogP contribution in [0, 0.1) is 41.5 Å². The molecule has 0 radical (unpaired) electrons. The third kappa shape index (κ3) is 4.47. The topological polar surface area (TPSA) is 67.3 Å². The van der Waals surface area contributed by atoms with Gasteiger partial charge in [-0.15, -0.1) is 0 Å². The molecule has 6 heteroatoms. The number of H-pyrrole nitrogens is 1. The lowest BCUT2D eigenvalue weighted by atomic mass is 9.34. The maximum atomic E-state index is 4.71. The molecule has 5 rings (SSSR count). The molecule has 178 valence electrons. The van der Waals surface area contributed by atoms with Gasteiger partial charge in [-0.3, -0.25) is 5.10 Å². The van der Waals surface area contributed by atoms with Crippen molar-refractivity contribution in [2.24, 2.45) is 0 Å². The Labute approximate surface area is 213 Å². The molecular weight excluding hydrogens is 441 g/mol. The summed E-state index contributed by atoms with van der Waals surface area (Å²) in [4.78, 5) is 13.2. The van der Waals surface area contributed by atoms with Crippen molar-refractivity contribution in [3.63, 3.8) is 0 Å². The Morgan fingerprint density at radius 2 is 1.22 bits per heavy atom. The smallest absolute Gasteiger partial charge is 0.242 e. The van der Waals surface area contributed by atoms with Gasteiger partial charge < -0.3 is 0 Å². The van der Waals surface area contributed by atoms with E-state index in [4.69, 9.17) is 4.98 Å². The summed E-state index contributed by atoms with van der Waals surface area (Å²) in [6.07, 6.45) is 3.22. The molecule has 0 fully saturated rings. The molecule has 2 aromatic heterocycles. The van der Waals surface area contributed by atoms with E-state index >= 15 is 0 Å². The molecule has 0 aliphatic rings. The quantitative estimate of drug-likeness (QED) is 0.389. The average molecular weight is 471 g/mol. The summed E-state index contributed by atoms with van der Waals surface area (Å²) in [5, 5.41) is 6.75. The summed E-state index contributed by atoms with van der Waals surface area (Å²) in [7, 11) is 0. The monoisotopic (exact) mass is 471 g/mol. The van der Waals surface area contributed by atoms with Crippen LogP contribution in [0.15, 0.2) is 67.1 Å². The third-order valence-electron chi connectivity index (χ3n) is 6.88. The molecule has 5 nitrogen and oxygen atoms in total. The molecule has 0 saturated carbocycles. The van der Waals surface area contributed by atoms with E-state index in [9.17, 15) is 0 Å². The maximum absolute atomic E-state index is 4.71. The Hall–Kier alpha value is -4.06. The Morgan fingerprint density at radius 3 is 1.72 bits per heavy atom. The van der Waals surface area contributed by atoms with Crippen molar-refractivity contribution in [2.45, 2.75) is 41.5 Å². The minimum absolute atomic E-state index is 0.149. The number of aromatic nitrogens is 5. The minimum atomic E-state index is 0.149. The SMILES string of the molecule is Cc1cc(C)c(B(c2ccc(-c3ccnc(-c4ncn[nH]4)n3)cc2)c2c(C)cc(C)cc2C)c(C)c1. The van der Waals surface area contributed by atoms with Crippen LogP contribution in [0.3, 0.4) is 0 Å². The van der Waals surface area contributed by atoms with Gasteiger partial charge in [0.15, 0.2) is 11.6 Å². The zero-order valence-electron chi connectivity index (χ0n) is 21.7. The number of hydrogen-bond donors (Lipinski definition) is 1. The van der Waals surface area contributed by atoms with E-state index in [2.05, 4.69) is 110 Å². The molecule has 2 heterocycles. The summed E-state index contributed by atoms with van der Waals surface area (Å²) in [5.41, 5.74) is 13.8. The Balaban J connectivity index is 1.63. The zero-order chi connectivity index (χ0) is 25.4. The molecule has 0 unspecified atom stereocenters. The number of nitrogens with zero attached hydrogens (tertiary/aromatic N) is 4. The fraction of sp³-hybridized carbons (Fsp3) is 0.200. The van der Waals surface area contributed by atoms with Crippen LogP contribution in [0.2, 0.25) is 0 Å². The molecule has 5 aromatic rings. The van der Waals surface area contributed by atoms with Crippen LogP contribution in [0.4, 0.5) is 0 Å². The lowest BCUT2D eigenvalue weighted by molar-refractivity contribution is 1.06. The highest BCUT2D eigenvalue weighted by Crippen LogP contribution is 2.19. The Morgan fingerprint density at radius 1 is 0.667 bits per heavy atom. The van der Waals surface area contributed by atoms with E-state index in [0.717, 1.165) is 11.3 Å². The normalized spacial score (nSPS) is 11.1. The molecule has 0 aliphatic carbocycles. The number of aryl methyl sites for hydroxylation is 6. The lowest BCUT2D eigenvalue weighted by Crippen LogP contribution is -2.55. The van der Waals surface area contributed by atoms with Gasteiger partial charge in [-0.2, -0.15) is 5.10 Å². The molecule has 0 aliphatic heterocycles. The van der Waals surface area contributed by atoms with E-state index in [1.54, 1.807) is 6.20 Å². The van der Waals surface area contributed by atoms with Gasteiger partial charge >= 0.3 is 0 Å². The average Bonchev–Trinajstić information content (AvgIpc) is 3.37. The minimum Gasteiger partial charge on any atom is -0.257 e. The van der Waals surface area contributed by atoms with Crippen LogP contribution in [0.25, 0.3) is 22.9 Å². The molecular formula is C30H30BN5. The predicted octanol–water partition coefficient (Wildman–Crippen LogP) is 4.30. The van der Waals surface area contributed by atoms with Gasteiger partial charge in [-0.25, -0.2) is 15.0 Å². The molecule has 0 saturated heterocycles. The fourth-order valence-electron chi connectivity index (χ4n) is 5.56. The van der Waals surface area contributed by atoms with Crippen LogP contribution < -0.4 is 16.4 Å². The lowest BCUT2D eigenvalue weighted by Gasteiger charge is -2.24. The van der Waals surface area contributed by atoms with Crippen molar-refractivity contribution < 1.29 is 0 Å². The second-order valence-corrected chi connectivity index (χ2v) is 9.78. The van der Waals surface area contributed by atoms with Crippen LogP contribution in [-0.2, 0) is 0 Å². The third-order valence-corrected chi connectivity index (χ3v) is 6.88. The van der Waals surface area contributed by atoms with Crippen LogP contribution in [0.5, 0.6) is 0 Å². The summed E-state index contributed by atoms with van der Waals surface area (Å²) in [6.45, 7) is 13.4. The first-order valence-corrected chi connectivity index (χ1v) is 12.3. The number of rotatable bonds is 5. The highest BCUT2D eigenvalue weighted by Gasteiger charge is 2.28. The van der Waals surface area contributed by atoms with Crippen molar-refractivity contribution in [3.05, 3.63) is 101 Å². The standard InChI is InChI=1S/C30H30BN5/c1-18-13-20(3)27(21(4)14-18)31(28-22(5)15-19(2)16-23(28)6)25-9-7-24(8-10-25)26-11-12-32-29(35-26)30-33-17-34-36-30/h7-17H,1-6H3,(H,33,34,36). The molecule has 0 atom stereocenters. The predicted molar refractivity (Wildman–Crippen MR) is 149 cm³/mol. The molecule has 0 spiro atoms. The van der Waals surface area contributed by atoms with Gasteiger partial charge in [-0.1, -0.05) is 98.3 Å². The highest BCUT2D eigenvalue weighted by atomic mass is 15.2. The largest absolute Gasteiger partial charge is 0.257 e. The van der Waals surface area contributed by atoms with Crippen molar-refractivity contribution in [1.82, 2.24) is 25.1 Å². The second-order valence-electron chi connectivity index (χ2n) is 9.78. The van der Waals surface area contributed by atoms with E-state index in [-0.39, 0.29) is 6.71 Å². The first-order valence-electron chi connectivity index (χ1n) is 12.3. The van der Waals surface area contributed by atoms with Gasteiger partial charge in [0.05, 0.1) is 5.69 Å². The molecule has 36 heavy (non-hydrogen) atoms.